The number of anilines is 1. The summed E-state index contributed by atoms with van der Waals surface area (Å²) in [6.45, 7) is 11.6. The summed E-state index contributed by atoms with van der Waals surface area (Å²) >= 11 is 0. The lowest BCUT2D eigenvalue weighted by molar-refractivity contribution is -0.288. The van der Waals surface area contributed by atoms with Crippen LogP contribution in [0.3, 0.4) is 0 Å². The molecule has 0 aliphatic heterocycles. The Labute approximate surface area is 425 Å². The van der Waals surface area contributed by atoms with Crippen LogP contribution in [0.25, 0.3) is 0 Å². The molecule has 4 N–H and O–H groups in total. The highest BCUT2D eigenvalue weighted by molar-refractivity contribution is 6.11. The Hall–Kier alpha value is -8.04. The fourth-order valence-corrected chi connectivity index (χ4v) is 8.82. The van der Waals surface area contributed by atoms with Gasteiger partial charge in [0.25, 0.3) is 11.8 Å². The van der Waals surface area contributed by atoms with Crippen LogP contribution in [-0.2, 0) is 23.2 Å². The zero-order valence-electron chi connectivity index (χ0n) is 41.1. The number of nitrogens with one attached hydrogen (secondary N) is 2. The minimum absolute atomic E-state index is 0.0322. The van der Waals surface area contributed by atoms with Gasteiger partial charge in [-0.1, -0.05) is 61.9 Å². The quantitative estimate of drug-likeness (QED) is 0.0835. The number of alkyl halides is 12. The number of halogens is 12. The first kappa shape index (κ1) is 57.2. The Morgan fingerprint density at radius 2 is 0.842 bits per heavy atom. The minimum atomic E-state index is -6.42. The van der Waals surface area contributed by atoms with Crippen molar-refractivity contribution >= 4 is 29.4 Å². The Kier molecular flexibility index (Phi) is 15.2. The Morgan fingerprint density at radius 3 is 1.21 bits per heavy atom. The number of carbonyl (C=O) groups excluding carboxylic acids is 2. The van der Waals surface area contributed by atoms with Gasteiger partial charge in [-0.05, 0) is 134 Å². The van der Waals surface area contributed by atoms with Crippen molar-refractivity contribution in [3.05, 3.63) is 181 Å². The lowest BCUT2D eigenvalue weighted by Gasteiger charge is -2.38. The third kappa shape index (κ3) is 10.9. The number of aromatic carboxylic acids is 2. The van der Waals surface area contributed by atoms with E-state index >= 15 is 26.3 Å². The molecular formula is C54H44F12N2O8. The van der Waals surface area contributed by atoms with Gasteiger partial charge in [-0.3, -0.25) is 9.59 Å². The highest BCUT2D eigenvalue weighted by Crippen LogP contribution is 2.57. The van der Waals surface area contributed by atoms with Gasteiger partial charge >= 0.3 is 36.6 Å². The van der Waals surface area contributed by atoms with E-state index in [2.05, 4.69) is 0 Å². The zero-order valence-corrected chi connectivity index (χ0v) is 41.1. The highest BCUT2D eigenvalue weighted by atomic mass is 19.4. The van der Waals surface area contributed by atoms with E-state index < -0.39 is 115 Å². The molecule has 0 aromatic heterocycles. The molecule has 76 heavy (non-hydrogen) atoms. The number of rotatable bonds is 13. The molecule has 0 bridgehead atoms. The number of hydrogen-bond donors (Lipinski definition) is 4. The first-order chi connectivity index (χ1) is 34.9. The first-order valence-corrected chi connectivity index (χ1v) is 22.4. The molecule has 0 radical (unpaired) electrons. The maximum Gasteiger partial charge on any atom is 0.420 e. The number of benzene rings is 6. The van der Waals surface area contributed by atoms with Gasteiger partial charge in [0.15, 0.2) is 0 Å². The second-order valence-corrected chi connectivity index (χ2v) is 18.3. The number of carboxylic acids is 2. The summed E-state index contributed by atoms with van der Waals surface area (Å²) in [4.78, 5) is 50.4. The lowest BCUT2D eigenvalue weighted by Crippen LogP contribution is -2.55. The van der Waals surface area contributed by atoms with E-state index in [-0.39, 0.29) is 47.6 Å². The second kappa shape index (κ2) is 20.2. The molecule has 6 aromatic carbocycles. The average molecular weight is 1080 g/mol. The summed E-state index contributed by atoms with van der Waals surface area (Å²) in [5.74, 6) is -8.18. The van der Waals surface area contributed by atoms with Crippen LogP contribution < -0.4 is 20.1 Å². The van der Waals surface area contributed by atoms with E-state index in [0.717, 1.165) is 25.2 Å². The summed E-state index contributed by atoms with van der Waals surface area (Å²) in [5, 5.41) is 23.2. The highest BCUT2D eigenvalue weighted by Gasteiger charge is 2.72. The summed E-state index contributed by atoms with van der Waals surface area (Å²) in [6, 6.07) is 13.2. The molecule has 0 atom stereocenters. The molecular weight excluding hydrogens is 1030 g/mol. The number of ether oxygens (including phenoxy) is 2. The maximum atomic E-state index is 15.2. The van der Waals surface area contributed by atoms with Crippen molar-refractivity contribution in [1.29, 1.82) is 0 Å². The van der Waals surface area contributed by atoms with Gasteiger partial charge in [0.1, 0.15) is 28.6 Å². The minimum Gasteiger partial charge on any atom is -0.478 e. The smallest absolute Gasteiger partial charge is 0.420 e. The third-order valence-corrected chi connectivity index (χ3v) is 12.7. The van der Waals surface area contributed by atoms with Gasteiger partial charge in [-0.2, -0.15) is 52.7 Å². The summed E-state index contributed by atoms with van der Waals surface area (Å²) < 4.78 is 189. The van der Waals surface area contributed by atoms with Crippen molar-refractivity contribution in [3.63, 3.8) is 0 Å². The molecule has 402 valence electrons. The Bertz CT molecular complexity index is 3260. The standard InChI is InChI=1S/C54H44F12N2O8/c1-25-9-15-41(39(17-25)51(55,56)57)75-43-26(2)18-32(19-27(43)3)49(6,7)33-20-28(4)44(29(5)21-33)76-42-16-12-34(24-40(42)52(58,59)60)68-46(70)38-23-31(11-14-36(38)48(73)74)50(53(61,62)63,54(64,65)66)30-10-13-35(47(71)72)37(22-30)45(69)67-8/h9-24H,1-8H3,(H,67,69)(H,68,70)(H,71,72)(H,73,74). The largest absolute Gasteiger partial charge is 0.478 e. The molecule has 0 saturated carbocycles. The molecule has 0 spiro atoms. The first-order valence-electron chi connectivity index (χ1n) is 22.4. The van der Waals surface area contributed by atoms with Crippen molar-refractivity contribution in [2.24, 2.45) is 0 Å². The van der Waals surface area contributed by atoms with Gasteiger partial charge in [0, 0.05) is 18.2 Å². The molecule has 0 aliphatic carbocycles. The Morgan fingerprint density at radius 1 is 0.461 bits per heavy atom. The van der Waals surface area contributed by atoms with Crippen LogP contribution >= 0.6 is 0 Å². The molecule has 2 amide bonds. The van der Waals surface area contributed by atoms with E-state index in [9.17, 15) is 55.7 Å². The van der Waals surface area contributed by atoms with Gasteiger partial charge in [0.2, 0.25) is 5.41 Å². The number of hydrogen-bond acceptors (Lipinski definition) is 6. The number of carbonyl (C=O) groups is 4. The topological polar surface area (TPSA) is 151 Å². The molecule has 0 saturated heterocycles. The van der Waals surface area contributed by atoms with Crippen LogP contribution in [0.2, 0.25) is 0 Å². The van der Waals surface area contributed by atoms with Crippen LogP contribution in [0.1, 0.15) is 116 Å². The van der Waals surface area contributed by atoms with Gasteiger partial charge in [-0.25, -0.2) is 9.59 Å². The molecule has 10 nitrogen and oxygen atoms in total. The summed E-state index contributed by atoms with van der Waals surface area (Å²) in [6.07, 6.45) is -22.8. The molecule has 0 fully saturated rings. The molecule has 6 aromatic rings. The Balaban J connectivity index is 1.35. The second-order valence-electron chi connectivity index (χ2n) is 18.3. The van der Waals surface area contributed by atoms with Crippen LogP contribution in [0.4, 0.5) is 58.4 Å². The van der Waals surface area contributed by atoms with E-state index in [1.807, 2.05) is 24.5 Å². The lowest BCUT2D eigenvalue weighted by atomic mass is 9.71. The van der Waals surface area contributed by atoms with E-state index in [1.165, 1.54) is 19.1 Å². The van der Waals surface area contributed by atoms with Gasteiger partial charge in [0.05, 0.1) is 27.8 Å². The molecule has 0 unspecified atom stereocenters. The maximum absolute atomic E-state index is 15.2. The van der Waals surface area contributed by atoms with Crippen molar-refractivity contribution < 1.29 is 91.5 Å². The van der Waals surface area contributed by atoms with Crippen molar-refractivity contribution in [1.82, 2.24) is 5.32 Å². The number of amides is 2. The molecule has 0 heterocycles. The van der Waals surface area contributed by atoms with Gasteiger partial charge < -0.3 is 30.3 Å². The fourth-order valence-electron chi connectivity index (χ4n) is 8.82. The number of carboxylic acid groups (broad SMARTS) is 2. The molecule has 22 heteroatoms. The summed E-state index contributed by atoms with van der Waals surface area (Å²) in [5.41, 5.74) is -14.2. The molecule has 6 rings (SSSR count). The van der Waals surface area contributed by atoms with Crippen LogP contribution in [0.5, 0.6) is 23.0 Å². The normalized spacial score (nSPS) is 12.5. The van der Waals surface area contributed by atoms with Crippen LogP contribution in [0, 0.1) is 34.6 Å². The van der Waals surface area contributed by atoms with E-state index in [0.29, 0.717) is 51.1 Å². The van der Waals surface area contributed by atoms with E-state index in [1.54, 1.807) is 52.0 Å². The van der Waals surface area contributed by atoms with Crippen LogP contribution in [-0.4, -0.2) is 53.4 Å². The third-order valence-electron chi connectivity index (χ3n) is 12.7. The van der Waals surface area contributed by atoms with Crippen molar-refractivity contribution in [2.75, 3.05) is 12.4 Å². The van der Waals surface area contributed by atoms with Crippen molar-refractivity contribution in [2.45, 2.75) is 84.0 Å². The van der Waals surface area contributed by atoms with E-state index in [4.69, 9.17) is 9.47 Å². The monoisotopic (exact) mass is 1080 g/mol. The summed E-state index contributed by atoms with van der Waals surface area (Å²) in [7, 11) is 0.917. The zero-order chi connectivity index (χ0) is 57.0. The fraction of sp³-hybridized carbons (Fsp3) is 0.259. The molecule has 0 aliphatic rings. The van der Waals surface area contributed by atoms with Gasteiger partial charge in [-0.15, -0.1) is 0 Å². The SMILES string of the molecule is CNC(=O)c1cc(C(c2ccc(C(=O)O)c(C(=O)Nc3ccc(Oc4c(C)cc(C(C)(C)c5cc(C)c(Oc6ccc(C)cc6C(F)(F)F)c(C)c5)cc4C)c(C(F)(F)F)c3)c2)(C(F)(F)F)C(F)(F)F)ccc1C(=O)O. The number of aryl methyl sites for hydroxylation is 5. The van der Waals surface area contributed by atoms with Crippen molar-refractivity contribution in [3.8, 4) is 23.0 Å². The predicted molar refractivity (Wildman–Crippen MR) is 253 cm³/mol. The average Bonchev–Trinajstić information content (AvgIpc) is 3.30. The predicted octanol–water partition coefficient (Wildman–Crippen LogP) is 14.6. The van der Waals surface area contributed by atoms with Crippen LogP contribution in [0.15, 0.2) is 97.1 Å².